The van der Waals surface area contributed by atoms with Crippen LogP contribution in [0.5, 0.6) is 0 Å². The van der Waals surface area contributed by atoms with Crippen LogP contribution in [-0.4, -0.2) is 43.4 Å². The van der Waals surface area contributed by atoms with Crippen molar-refractivity contribution in [3.05, 3.63) is 65.5 Å². The molecule has 0 aromatic heterocycles. The largest absolute Gasteiger partial charge is 1.00 e. The average molecular weight is 538 g/mol. The molecule has 168 valence electrons. The Kier molecular flexibility index (Phi) is 7.63. The maximum Gasteiger partial charge on any atom is 0.414 e. The molecule has 2 bridgehead atoms. The quantitative estimate of drug-likeness (QED) is 0.432. The van der Waals surface area contributed by atoms with Gasteiger partial charge in [-0.3, -0.25) is 4.90 Å². The van der Waals surface area contributed by atoms with Crippen LogP contribution in [-0.2, 0) is 11.3 Å². The summed E-state index contributed by atoms with van der Waals surface area (Å²) in [5, 5.41) is 0. The highest BCUT2D eigenvalue weighted by atomic mass is 127. The summed E-state index contributed by atoms with van der Waals surface area (Å²) < 4.78 is 21.5. The fourth-order valence-corrected chi connectivity index (χ4v) is 5.24. The molecule has 3 atom stereocenters. The van der Waals surface area contributed by atoms with Gasteiger partial charge >= 0.3 is 6.09 Å². The highest BCUT2D eigenvalue weighted by Gasteiger charge is 2.49. The fraction of sp³-hybridized carbons (Fsp3) is 0.480. The lowest BCUT2D eigenvalue weighted by Gasteiger charge is -2.44. The first kappa shape index (κ1) is 24.0. The molecule has 0 radical (unpaired) electrons. The minimum atomic E-state index is -0.477. The number of rotatable bonds is 5. The van der Waals surface area contributed by atoms with E-state index in [-0.39, 0.29) is 36.2 Å². The Morgan fingerprint density at radius 1 is 1.10 bits per heavy atom. The number of anilines is 1. The lowest BCUT2D eigenvalue weighted by atomic mass is 9.90. The Morgan fingerprint density at radius 2 is 1.74 bits per heavy atom. The van der Waals surface area contributed by atoms with Gasteiger partial charge in [-0.2, -0.15) is 0 Å². The van der Waals surface area contributed by atoms with Crippen LogP contribution in [0.1, 0.15) is 36.8 Å². The number of aryl methyl sites for hydroxylation is 1. The van der Waals surface area contributed by atoms with Crippen molar-refractivity contribution in [2.24, 2.45) is 5.92 Å². The zero-order valence-electron chi connectivity index (χ0n) is 18.6. The SMILES string of the molecule is Cc1ccc(F)c(N(Cc2ccccc2)C(=O)OC[C@H]2C[C@H]3CC[C@@H](C2)[N+]3(C)C)c1.[I-]. The Morgan fingerprint density at radius 3 is 2.39 bits per heavy atom. The van der Waals surface area contributed by atoms with E-state index in [0.717, 1.165) is 28.5 Å². The molecule has 4 nitrogen and oxygen atoms in total. The molecule has 2 heterocycles. The number of amides is 1. The minimum Gasteiger partial charge on any atom is -1.00 e. The van der Waals surface area contributed by atoms with Crippen molar-refractivity contribution < 1.29 is 42.4 Å². The highest BCUT2D eigenvalue weighted by Crippen LogP contribution is 2.42. The van der Waals surface area contributed by atoms with Crippen LogP contribution in [0.4, 0.5) is 14.9 Å². The Balaban J connectivity index is 0.00000272. The van der Waals surface area contributed by atoms with Crippen molar-refractivity contribution in [1.82, 2.24) is 0 Å². The third kappa shape index (κ3) is 5.22. The van der Waals surface area contributed by atoms with Gasteiger partial charge in [-0.1, -0.05) is 36.4 Å². The van der Waals surface area contributed by atoms with Gasteiger partial charge in [-0.05, 0) is 30.2 Å². The van der Waals surface area contributed by atoms with Crippen molar-refractivity contribution in [1.29, 1.82) is 0 Å². The zero-order valence-corrected chi connectivity index (χ0v) is 20.7. The number of hydrogen-bond acceptors (Lipinski definition) is 2. The molecule has 2 aliphatic rings. The summed E-state index contributed by atoms with van der Waals surface area (Å²) in [5.74, 6) is -0.0261. The van der Waals surface area contributed by atoms with E-state index in [1.165, 1.54) is 23.8 Å². The van der Waals surface area contributed by atoms with Crippen LogP contribution in [0.2, 0.25) is 0 Å². The topological polar surface area (TPSA) is 29.5 Å². The molecule has 4 rings (SSSR count). The molecule has 2 saturated heterocycles. The Labute approximate surface area is 202 Å². The molecule has 2 fully saturated rings. The average Bonchev–Trinajstić information content (AvgIpc) is 2.89. The van der Waals surface area contributed by atoms with Crippen LogP contribution < -0.4 is 28.9 Å². The molecule has 2 aromatic carbocycles. The van der Waals surface area contributed by atoms with Crippen LogP contribution in [0.15, 0.2) is 48.5 Å². The van der Waals surface area contributed by atoms with E-state index < -0.39 is 11.9 Å². The van der Waals surface area contributed by atoms with Crippen molar-refractivity contribution in [3.63, 3.8) is 0 Å². The number of piperidine rings is 1. The molecule has 6 heteroatoms. The minimum absolute atomic E-state index is 0. The van der Waals surface area contributed by atoms with E-state index in [1.807, 2.05) is 37.3 Å². The number of quaternary nitrogens is 1. The third-order valence-electron chi connectivity index (χ3n) is 7.17. The summed E-state index contributed by atoms with van der Waals surface area (Å²) in [5.41, 5.74) is 2.11. The molecule has 1 amide bonds. The summed E-state index contributed by atoms with van der Waals surface area (Å²) >= 11 is 0. The number of benzene rings is 2. The van der Waals surface area contributed by atoms with Gasteiger partial charge in [0, 0.05) is 31.6 Å². The van der Waals surface area contributed by atoms with E-state index in [4.69, 9.17) is 4.74 Å². The summed E-state index contributed by atoms with van der Waals surface area (Å²) in [6, 6.07) is 15.8. The van der Waals surface area contributed by atoms with Gasteiger partial charge in [0.1, 0.15) is 5.82 Å². The molecule has 2 aromatic rings. The third-order valence-corrected chi connectivity index (χ3v) is 7.17. The first-order valence-corrected chi connectivity index (χ1v) is 10.9. The van der Waals surface area contributed by atoms with Gasteiger partial charge in [0.25, 0.3) is 0 Å². The molecular formula is C25H32FIN2O2. The monoisotopic (exact) mass is 538 g/mol. The molecule has 0 unspecified atom stereocenters. The Bertz CT molecular complexity index is 890. The smallest absolute Gasteiger partial charge is 0.414 e. The molecule has 0 saturated carbocycles. The second kappa shape index (κ2) is 9.86. The maximum absolute atomic E-state index is 14.6. The number of hydrogen-bond donors (Lipinski definition) is 0. The van der Waals surface area contributed by atoms with Crippen LogP contribution in [0.3, 0.4) is 0 Å². The molecular weight excluding hydrogens is 506 g/mol. The normalized spacial score (nSPS) is 23.7. The van der Waals surface area contributed by atoms with Gasteiger partial charge in [-0.25, -0.2) is 9.18 Å². The van der Waals surface area contributed by atoms with Gasteiger partial charge in [0.2, 0.25) is 0 Å². The van der Waals surface area contributed by atoms with E-state index in [0.29, 0.717) is 24.6 Å². The number of fused-ring (bicyclic) bond motifs is 2. The number of halogens is 2. The van der Waals surface area contributed by atoms with Gasteiger partial charge in [-0.15, -0.1) is 0 Å². The summed E-state index contributed by atoms with van der Waals surface area (Å²) in [6.07, 6.45) is 4.23. The van der Waals surface area contributed by atoms with Gasteiger partial charge < -0.3 is 33.2 Å². The van der Waals surface area contributed by atoms with Crippen molar-refractivity contribution in [2.45, 2.75) is 51.2 Å². The van der Waals surface area contributed by atoms with Crippen molar-refractivity contribution in [3.8, 4) is 0 Å². The number of carbonyl (C=O) groups is 1. The second-order valence-electron chi connectivity index (χ2n) is 9.46. The molecule has 2 aliphatic heterocycles. The molecule has 0 aliphatic carbocycles. The number of carbonyl (C=O) groups excluding carboxylic acids is 1. The number of ether oxygens (including phenoxy) is 1. The molecule has 0 spiro atoms. The van der Waals surface area contributed by atoms with E-state index in [9.17, 15) is 9.18 Å². The van der Waals surface area contributed by atoms with E-state index in [2.05, 4.69) is 14.1 Å². The predicted molar refractivity (Wildman–Crippen MR) is 117 cm³/mol. The van der Waals surface area contributed by atoms with Crippen LogP contribution in [0, 0.1) is 18.7 Å². The summed E-state index contributed by atoms with van der Waals surface area (Å²) in [4.78, 5) is 14.5. The summed E-state index contributed by atoms with van der Waals surface area (Å²) in [7, 11) is 4.65. The first-order valence-electron chi connectivity index (χ1n) is 10.9. The number of nitrogens with zero attached hydrogens (tertiary/aromatic N) is 2. The maximum atomic E-state index is 14.6. The standard InChI is InChI=1S/C25H32FN2O2.HI/c1-18-9-12-23(26)24(13-18)27(16-19-7-5-4-6-8-19)25(29)30-17-20-14-21-10-11-22(15-20)28(21,2)3;/h4-9,12-13,20-22H,10-11,14-17H2,1-3H3;1H/q+1;/p-1/t20-,21+,22-;. The fourth-order valence-electron chi connectivity index (χ4n) is 5.24. The van der Waals surface area contributed by atoms with E-state index >= 15 is 0 Å². The highest BCUT2D eigenvalue weighted by molar-refractivity contribution is 5.87. The predicted octanol–water partition coefficient (Wildman–Crippen LogP) is 2.30. The lowest BCUT2D eigenvalue weighted by Crippen LogP contribution is -3.00. The van der Waals surface area contributed by atoms with Crippen molar-refractivity contribution in [2.75, 3.05) is 25.6 Å². The molecule has 0 N–H and O–H groups in total. The van der Waals surface area contributed by atoms with Crippen molar-refractivity contribution >= 4 is 11.8 Å². The summed E-state index contributed by atoms with van der Waals surface area (Å²) in [6.45, 7) is 2.58. The second-order valence-corrected chi connectivity index (χ2v) is 9.46. The van der Waals surface area contributed by atoms with E-state index in [1.54, 1.807) is 12.1 Å². The zero-order chi connectivity index (χ0) is 21.3. The van der Waals surface area contributed by atoms with Crippen LogP contribution in [0.25, 0.3) is 0 Å². The van der Waals surface area contributed by atoms with Gasteiger partial charge in [0.05, 0.1) is 45.0 Å². The van der Waals surface area contributed by atoms with Gasteiger partial charge in [0.15, 0.2) is 0 Å². The lowest BCUT2D eigenvalue weighted by molar-refractivity contribution is -0.931. The Hall–Kier alpha value is -1.67. The first-order chi connectivity index (χ1) is 14.3. The molecule has 31 heavy (non-hydrogen) atoms. The van der Waals surface area contributed by atoms with Crippen LogP contribution >= 0.6 is 0 Å².